The van der Waals surface area contributed by atoms with Crippen LogP contribution in [0, 0.1) is 34.5 Å². The van der Waals surface area contributed by atoms with E-state index in [0.29, 0.717) is 30.1 Å². The van der Waals surface area contributed by atoms with Crippen LogP contribution in [0.3, 0.4) is 0 Å². The zero-order valence-corrected chi connectivity index (χ0v) is 20.9. The van der Waals surface area contributed by atoms with Crippen LogP contribution in [0.2, 0.25) is 0 Å². The molecule has 3 saturated carbocycles. The number of hydrogen-bond acceptors (Lipinski definition) is 2. The van der Waals surface area contributed by atoms with E-state index in [1.807, 2.05) is 11.9 Å². The van der Waals surface area contributed by atoms with Crippen LogP contribution in [0.25, 0.3) is 0 Å². The van der Waals surface area contributed by atoms with E-state index in [2.05, 4.69) is 19.9 Å². The number of amides is 1. The van der Waals surface area contributed by atoms with Gasteiger partial charge in [-0.2, -0.15) is 13.2 Å². The van der Waals surface area contributed by atoms with Gasteiger partial charge in [-0.15, -0.1) is 0 Å². The van der Waals surface area contributed by atoms with Crippen LogP contribution in [0.5, 0.6) is 0 Å². The molecule has 35 heavy (non-hydrogen) atoms. The zero-order chi connectivity index (χ0) is 25.2. The summed E-state index contributed by atoms with van der Waals surface area (Å²) in [6.07, 6.45) is 6.78. The first-order valence-corrected chi connectivity index (χ1v) is 13.1. The predicted molar refractivity (Wildman–Crippen MR) is 129 cm³/mol. The summed E-state index contributed by atoms with van der Waals surface area (Å²) in [5, 5.41) is 0. The first-order chi connectivity index (χ1) is 16.5. The fourth-order valence-corrected chi connectivity index (χ4v) is 8.73. The molecule has 1 amide bonds. The molecule has 0 N–H and O–H groups in total. The molecule has 0 spiro atoms. The molecule has 7 atom stereocenters. The molecule has 0 unspecified atom stereocenters. The van der Waals surface area contributed by atoms with E-state index in [9.17, 15) is 22.8 Å². The highest BCUT2D eigenvalue weighted by molar-refractivity contribution is 5.97. The van der Waals surface area contributed by atoms with Crippen molar-refractivity contribution in [3.05, 3.63) is 47.5 Å². The quantitative estimate of drug-likeness (QED) is 0.432. The van der Waals surface area contributed by atoms with E-state index in [1.54, 1.807) is 6.08 Å². The van der Waals surface area contributed by atoms with E-state index >= 15 is 0 Å². The Hall–Kier alpha value is -2.11. The molecule has 4 aliphatic rings. The minimum Gasteiger partial charge on any atom is -0.338 e. The molecule has 190 valence electrons. The van der Waals surface area contributed by atoms with E-state index in [-0.39, 0.29) is 34.8 Å². The summed E-state index contributed by atoms with van der Waals surface area (Å²) < 4.78 is 40.2. The second-order valence-electron chi connectivity index (χ2n) is 11.9. The van der Waals surface area contributed by atoms with Crippen LogP contribution in [0.1, 0.15) is 81.1 Å². The van der Waals surface area contributed by atoms with E-state index in [1.165, 1.54) is 18.2 Å². The zero-order valence-electron chi connectivity index (χ0n) is 20.9. The van der Waals surface area contributed by atoms with E-state index in [0.717, 1.165) is 44.6 Å². The van der Waals surface area contributed by atoms with Crippen LogP contribution < -0.4 is 0 Å². The Kier molecular flexibility index (Phi) is 5.96. The van der Waals surface area contributed by atoms with Crippen LogP contribution in [0.4, 0.5) is 13.2 Å². The van der Waals surface area contributed by atoms with Gasteiger partial charge in [0, 0.05) is 30.5 Å². The molecule has 0 radical (unpaired) electrons. The molecule has 1 heterocycles. The third-order valence-corrected chi connectivity index (χ3v) is 10.6. The van der Waals surface area contributed by atoms with Gasteiger partial charge < -0.3 is 4.90 Å². The second kappa shape index (κ2) is 8.48. The minimum absolute atomic E-state index is 0.00225. The lowest BCUT2D eigenvalue weighted by atomic mass is 9.47. The van der Waals surface area contributed by atoms with Gasteiger partial charge >= 0.3 is 6.18 Å². The van der Waals surface area contributed by atoms with Crippen LogP contribution in [-0.2, 0) is 11.0 Å². The molecule has 0 aromatic heterocycles. The number of carbonyl (C=O) groups is 2. The van der Waals surface area contributed by atoms with E-state index < -0.39 is 17.5 Å². The molecule has 1 aliphatic heterocycles. The highest BCUT2D eigenvalue weighted by Gasteiger charge is 2.60. The van der Waals surface area contributed by atoms with Crippen LogP contribution >= 0.6 is 0 Å². The Balaban J connectivity index is 1.31. The standard InChI is InChI=1S/C29H36F3NO2/c1-27-16-14-22-19(10-13-25-28(22,2)17-15-26(35)33(25)3)21(27)11-8-18(27)9-12-24(34)20-6-4-5-7-23(20)29(30,31)32/h4-7,15,17-19,21-22,25H,8-14,16H2,1-3H3/t18-,19+,21+,22+,25-,27-,28-/m1/s1. The van der Waals surface area contributed by atoms with Gasteiger partial charge in [-0.1, -0.05) is 38.1 Å². The van der Waals surface area contributed by atoms with E-state index in [4.69, 9.17) is 0 Å². The minimum atomic E-state index is -4.52. The molecule has 3 fully saturated rings. The maximum Gasteiger partial charge on any atom is 0.417 e. The van der Waals surface area contributed by atoms with Crippen molar-refractivity contribution in [1.29, 1.82) is 0 Å². The lowest BCUT2D eigenvalue weighted by molar-refractivity contribution is -0.139. The number of likely N-dealkylation sites (N-methyl/N-ethyl adjacent to an activating group) is 1. The number of halogens is 3. The summed E-state index contributed by atoms with van der Waals surface area (Å²) in [4.78, 5) is 27.1. The highest BCUT2D eigenvalue weighted by atomic mass is 19.4. The van der Waals surface area contributed by atoms with Crippen molar-refractivity contribution in [2.24, 2.45) is 34.5 Å². The number of fused-ring (bicyclic) bond motifs is 5. The summed E-state index contributed by atoms with van der Waals surface area (Å²) in [6, 6.07) is 5.43. The number of Topliss-reactive ketones (excluding diaryl/α,β-unsaturated/α-hetero) is 1. The molecule has 1 aromatic carbocycles. The lowest BCUT2D eigenvalue weighted by Gasteiger charge is -2.60. The first kappa shape index (κ1) is 24.6. The molecule has 6 heteroatoms. The van der Waals surface area contributed by atoms with Gasteiger partial charge in [0.15, 0.2) is 5.78 Å². The molecular formula is C29H36F3NO2. The summed E-state index contributed by atoms with van der Waals surface area (Å²) in [7, 11) is 1.93. The SMILES string of the molecule is CN1C(=O)C=C[C@]2(C)[C@H]3CC[C@]4(C)[C@@H](CCC(=O)c5ccccc5C(F)(F)F)CC[C@H]4[C@@H]3CC[C@@H]12. The third kappa shape index (κ3) is 3.86. The summed E-state index contributed by atoms with van der Waals surface area (Å²) >= 11 is 0. The van der Waals surface area contributed by atoms with Gasteiger partial charge in [0.1, 0.15) is 0 Å². The smallest absolute Gasteiger partial charge is 0.338 e. The Morgan fingerprint density at radius 1 is 1.06 bits per heavy atom. The molecular weight excluding hydrogens is 451 g/mol. The summed E-state index contributed by atoms with van der Waals surface area (Å²) in [5.41, 5.74) is -0.885. The maximum atomic E-state index is 13.4. The third-order valence-electron chi connectivity index (χ3n) is 10.6. The monoisotopic (exact) mass is 487 g/mol. The largest absolute Gasteiger partial charge is 0.417 e. The van der Waals surface area contributed by atoms with Crippen molar-refractivity contribution in [3.8, 4) is 0 Å². The van der Waals surface area contributed by atoms with Crippen molar-refractivity contribution in [3.63, 3.8) is 0 Å². The number of benzene rings is 1. The second-order valence-corrected chi connectivity index (χ2v) is 11.9. The van der Waals surface area contributed by atoms with Crippen LogP contribution in [0.15, 0.2) is 36.4 Å². The van der Waals surface area contributed by atoms with Gasteiger partial charge in [0.2, 0.25) is 5.91 Å². The normalized spacial score (nSPS) is 38.6. The highest BCUT2D eigenvalue weighted by Crippen LogP contribution is 2.66. The number of alkyl halides is 3. The van der Waals surface area contributed by atoms with Crippen molar-refractivity contribution >= 4 is 11.7 Å². The molecule has 1 aromatic rings. The molecule has 0 bridgehead atoms. The topological polar surface area (TPSA) is 37.4 Å². The van der Waals surface area contributed by atoms with Gasteiger partial charge in [0.25, 0.3) is 0 Å². The first-order valence-electron chi connectivity index (χ1n) is 13.1. The average Bonchev–Trinajstić information content (AvgIpc) is 3.16. The molecule has 0 saturated heterocycles. The van der Waals surface area contributed by atoms with Crippen molar-refractivity contribution in [2.75, 3.05) is 7.05 Å². The van der Waals surface area contributed by atoms with Gasteiger partial charge in [0.05, 0.1) is 5.56 Å². The maximum absolute atomic E-state index is 13.4. The Morgan fingerprint density at radius 3 is 2.54 bits per heavy atom. The average molecular weight is 488 g/mol. The lowest BCUT2D eigenvalue weighted by Crippen LogP contribution is -2.59. The number of ketones is 1. The van der Waals surface area contributed by atoms with Gasteiger partial charge in [-0.05, 0) is 86.2 Å². The Labute approximate surface area is 206 Å². The fraction of sp³-hybridized carbons (Fsp3) is 0.655. The molecule has 3 nitrogen and oxygen atoms in total. The Morgan fingerprint density at radius 2 is 1.80 bits per heavy atom. The summed E-state index contributed by atoms with van der Waals surface area (Å²) in [6.45, 7) is 4.71. The van der Waals surface area contributed by atoms with Crippen molar-refractivity contribution in [1.82, 2.24) is 4.90 Å². The molecule has 3 aliphatic carbocycles. The van der Waals surface area contributed by atoms with Crippen LogP contribution in [-0.4, -0.2) is 29.7 Å². The Bertz CT molecular complexity index is 1050. The number of hydrogen-bond donors (Lipinski definition) is 0. The number of carbonyl (C=O) groups excluding carboxylic acids is 2. The van der Waals surface area contributed by atoms with Crippen molar-refractivity contribution < 1.29 is 22.8 Å². The van der Waals surface area contributed by atoms with Gasteiger partial charge in [-0.3, -0.25) is 9.59 Å². The predicted octanol–water partition coefficient (Wildman–Crippen LogP) is 6.92. The molecule has 5 rings (SSSR count). The fourth-order valence-electron chi connectivity index (χ4n) is 8.73. The number of nitrogens with zero attached hydrogens (tertiary/aromatic N) is 1. The summed E-state index contributed by atoms with van der Waals surface area (Å²) in [5.74, 6) is 1.80. The number of rotatable bonds is 4. The van der Waals surface area contributed by atoms with Gasteiger partial charge in [-0.25, -0.2) is 0 Å². The van der Waals surface area contributed by atoms with Crippen molar-refractivity contribution in [2.45, 2.75) is 77.4 Å².